The van der Waals surface area contributed by atoms with Crippen LogP contribution in [0.25, 0.3) is 0 Å². The van der Waals surface area contributed by atoms with Crippen molar-refractivity contribution in [3.05, 3.63) is 27.5 Å². The van der Waals surface area contributed by atoms with E-state index in [2.05, 4.69) is 26.2 Å². The molecule has 1 aromatic rings. The number of piperazine rings is 1. The zero-order valence-electron chi connectivity index (χ0n) is 11.6. The van der Waals surface area contributed by atoms with E-state index in [4.69, 9.17) is 11.6 Å². The average molecular weight is 376 g/mol. The number of carbonyl (C=O) groups is 2. The molecule has 6 nitrogen and oxygen atoms in total. The molecule has 0 spiro atoms. The molecular weight excluding hydrogens is 360 g/mol. The Morgan fingerprint density at radius 1 is 1.38 bits per heavy atom. The summed E-state index contributed by atoms with van der Waals surface area (Å²) < 4.78 is 0.716. The molecule has 0 aromatic carbocycles. The van der Waals surface area contributed by atoms with Gasteiger partial charge in [-0.25, -0.2) is 4.98 Å². The first kappa shape index (κ1) is 16.2. The second-order valence-corrected chi connectivity index (χ2v) is 6.01. The number of nitrogens with one attached hydrogen (secondary N) is 1. The van der Waals surface area contributed by atoms with Gasteiger partial charge in [0, 0.05) is 43.9 Å². The molecule has 0 saturated carbocycles. The van der Waals surface area contributed by atoms with Crippen molar-refractivity contribution in [1.82, 2.24) is 20.1 Å². The van der Waals surface area contributed by atoms with E-state index in [0.29, 0.717) is 42.8 Å². The number of likely N-dealkylation sites (N-methyl/N-ethyl adjacent to an activating group) is 1. The molecule has 1 fully saturated rings. The van der Waals surface area contributed by atoms with Crippen LogP contribution in [-0.2, 0) is 4.79 Å². The van der Waals surface area contributed by atoms with Crippen LogP contribution in [0.5, 0.6) is 0 Å². The second-order valence-electron chi connectivity index (χ2n) is 4.73. The fraction of sp³-hybridized carbons (Fsp3) is 0.462. The molecule has 1 aliphatic rings. The highest BCUT2D eigenvalue weighted by Gasteiger charge is 2.24. The van der Waals surface area contributed by atoms with Crippen molar-refractivity contribution in [1.29, 1.82) is 0 Å². The van der Waals surface area contributed by atoms with Crippen molar-refractivity contribution in [3.8, 4) is 0 Å². The number of nitrogens with zero attached hydrogens (tertiary/aromatic N) is 3. The number of rotatable bonds is 3. The number of aromatic nitrogens is 1. The van der Waals surface area contributed by atoms with E-state index in [1.807, 2.05) is 4.90 Å². The number of amides is 2. The maximum atomic E-state index is 12.4. The molecule has 2 heterocycles. The van der Waals surface area contributed by atoms with Gasteiger partial charge in [0.05, 0.1) is 12.1 Å². The number of hydrogen-bond donors (Lipinski definition) is 1. The van der Waals surface area contributed by atoms with Gasteiger partial charge in [-0.2, -0.15) is 0 Å². The summed E-state index contributed by atoms with van der Waals surface area (Å²) in [6.07, 6.45) is 1.56. The van der Waals surface area contributed by atoms with Crippen molar-refractivity contribution in [2.24, 2.45) is 0 Å². The topological polar surface area (TPSA) is 65.5 Å². The lowest BCUT2D eigenvalue weighted by Crippen LogP contribution is -2.50. The summed E-state index contributed by atoms with van der Waals surface area (Å²) in [7, 11) is 1.62. The summed E-state index contributed by atoms with van der Waals surface area (Å²) in [6.45, 7) is 2.82. The van der Waals surface area contributed by atoms with Crippen molar-refractivity contribution in [3.63, 3.8) is 0 Å². The van der Waals surface area contributed by atoms with Crippen LogP contribution in [0.2, 0.25) is 5.15 Å². The summed E-state index contributed by atoms with van der Waals surface area (Å²) >= 11 is 9.27. The molecule has 0 bridgehead atoms. The minimum atomic E-state index is -0.131. The van der Waals surface area contributed by atoms with E-state index >= 15 is 0 Å². The van der Waals surface area contributed by atoms with Crippen molar-refractivity contribution in [2.75, 3.05) is 39.8 Å². The van der Waals surface area contributed by atoms with Crippen LogP contribution in [0, 0.1) is 0 Å². The van der Waals surface area contributed by atoms with Gasteiger partial charge in [0.1, 0.15) is 5.15 Å². The lowest BCUT2D eigenvalue weighted by molar-refractivity contribution is -0.122. The predicted octanol–water partition coefficient (Wildman–Crippen LogP) is 1.00. The fourth-order valence-corrected chi connectivity index (χ4v) is 2.65. The Hall–Kier alpha value is -1.18. The molecule has 1 saturated heterocycles. The minimum Gasteiger partial charge on any atom is -0.358 e. The largest absolute Gasteiger partial charge is 0.358 e. The Morgan fingerprint density at radius 3 is 2.67 bits per heavy atom. The highest BCUT2D eigenvalue weighted by Crippen LogP contribution is 2.20. The maximum Gasteiger partial charge on any atom is 0.257 e. The fourth-order valence-electron chi connectivity index (χ4n) is 2.13. The summed E-state index contributed by atoms with van der Waals surface area (Å²) in [5, 5.41) is 2.80. The molecular formula is C13H16BrClN4O2. The van der Waals surface area contributed by atoms with E-state index in [0.717, 1.165) is 0 Å². The quantitative estimate of drug-likeness (QED) is 0.801. The zero-order chi connectivity index (χ0) is 15.4. The maximum absolute atomic E-state index is 12.4. The Bertz CT molecular complexity index is 547. The van der Waals surface area contributed by atoms with Gasteiger partial charge in [-0.3, -0.25) is 14.5 Å². The summed E-state index contributed by atoms with van der Waals surface area (Å²) in [5.74, 6) is -0.151. The van der Waals surface area contributed by atoms with Gasteiger partial charge in [0.15, 0.2) is 0 Å². The van der Waals surface area contributed by atoms with Crippen molar-refractivity contribution in [2.45, 2.75) is 0 Å². The second kappa shape index (κ2) is 7.20. The zero-order valence-corrected chi connectivity index (χ0v) is 13.9. The number of pyridine rings is 1. The van der Waals surface area contributed by atoms with Gasteiger partial charge in [-0.1, -0.05) is 11.6 Å². The minimum absolute atomic E-state index is 0.0194. The van der Waals surface area contributed by atoms with Crippen LogP contribution >= 0.6 is 27.5 Å². The van der Waals surface area contributed by atoms with Crippen molar-refractivity contribution >= 4 is 39.3 Å². The Balaban J connectivity index is 1.97. The predicted molar refractivity (Wildman–Crippen MR) is 83.4 cm³/mol. The SMILES string of the molecule is CNC(=O)CN1CCN(C(=O)c2cc(Br)cnc2Cl)CC1. The molecule has 0 aliphatic carbocycles. The first-order valence-corrected chi connectivity index (χ1v) is 7.71. The van der Waals surface area contributed by atoms with Gasteiger partial charge < -0.3 is 10.2 Å². The third-order valence-electron chi connectivity index (χ3n) is 3.34. The number of halogens is 2. The highest BCUT2D eigenvalue weighted by molar-refractivity contribution is 9.10. The third kappa shape index (κ3) is 4.15. The van der Waals surface area contributed by atoms with Crippen LogP contribution in [0.1, 0.15) is 10.4 Å². The first-order chi connectivity index (χ1) is 10.0. The normalized spacial score (nSPS) is 15.9. The average Bonchev–Trinajstić information content (AvgIpc) is 2.49. The monoisotopic (exact) mass is 374 g/mol. The van der Waals surface area contributed by atoms with Crippen LogP contribution in [0.15, 0.2) is 16.7 Å². The van der Waals surface area contributed by atoms with Crippen LogP contribution in [-0.4, -0.2) is 66.4 Å². The van der Waals surface area contributed by atoms with E-state index in [9.17, 15) is 9.59 Å². The molecule has 114 valence electrons. The Labute approximate surface area is 136 Å². The lowest BCUT2D eigenvalue weighted by Gasteiger charge is -2.34. The number of carbonyl (C=O) groups excluding carboxylic acids is 2. The van der Waals surface area contributed by atoms with E-state index < -0.39 is 0 Å². The van der Waals surface area contributed by atoms with Gasteiger partial charge in [0.2, 0.25) is 5.91 Å². The molecule has 1 aliphatic heterocycles. The summed E-state index contributed by atoms with van der Waals surface area (Å²) in [6, 6.07) is 1.68. The molecule has 0 atom stereocenters. The van der Waals surface area contributed by atoms with Gasteiger partial charge in [0.25, 0.3) is 5.91 Å². The molecule has 8 heteroatoms. The van der Waals surface area contributed by atoms with Gasteiger partial charge in [-0.15, -0.1) is 0 Å². The Morgan fingerprint density at radius 2 is 2.05 bits per heavy atom. The van der Waals surface area contributed by atoms with Crippen LogP contribution in [0.4, 0.5) is 0 Å². The van der Waals surface area contributed by atoms with Crippen molar-refractivity contribution < 1.29 is 9.59 Å². The molecule has 2 rings (SSSR count). The molecule has 0 radical (unpaired) electrons. The van der Waals surface area contributed by atoms with Gasteiger partial charge >= 0.3 is 0 Å². The van der Waals surface area contributed by atoms with E-state index in [1.54, 1.807) is 24.2 Å². The smallest absolute Gasteiger partial charge is 0.257 e. The van der Waals surface area contributed by atoms with E-state index in [1.165, 1.54) is 0 Å². The van der Waals surface area contributed by atoms with E-state index in [-0.39, 0.29) is 17.0 Å². The van der Waals surface area contributed by atoms with Gasteiger partial charge in [-0.05, 0) is 22.0 Å². The molecule has 1 N–H and O–H groups in total. The molecule has 0 unspecified atom stereocenters. The highest BCUT2D eigenvalue weighted by atomic mass is 79.9. The molecule has 1 aromatic heterocycles. The molecule has 21 heavy (non-hydrogen) atoms. The number of hydrogen-bond acceptors (Lipinski definition) is 4. The third-order valence-corrected chi connectivity index (χ3v) is 4.08. The first-order valence-electron chi connectivity index (χ1n) is 6.54. The summed E-state index contributed by atoms with van der Waals surface area (Å²) in [5.41, 5.74) is 0.394. The standard InChI is InChI=1S/C13H16BrClN4O2/c1-16-11(20)8-18-2-4-19(5-3-18)13(21)10-6-9(14)7-17-12(10)15/h6-7H,2-5,8H2,1H3,(H,16,20). The summed E-state index contributed by atoms with van der Waals surface area (Å²) in [4.78, 5) is 31.5. The molecule has 2 amide bonds. The van der Waals surface area contributed by atoms with Crippen LogP contribution in [0.3, 0.4) is 0 Å². The Kier molecular flexibility index (Phi) is 5.55. The van der Waals surface area contributed by atoms with Crippen LogP contribution < -0.4 is 5.32 Å². The lowest BCUT2D eigenvalue weighted by atomic mass is 10.2.